The molecule has 0 radical (unpaired) electrons. The maximum atomic E-state index is 6.64. The van der Waals surface area contributed by atoms with E-state index in [0.717, 1.165) is 16.7 Å². The molecule has 6 rings (SSSR count). The number of ether oxygens (including phenoxy) is 4. The molecule has 1 aliphatic heterocycles. The van der Waals surface area contributed by atoms with Crippen LogP contribution < -0.4 is 0 Å². The van der Waals surface area contributed by atoms with E-state index in [1.807, 2.05) is 91.0 Å². The molecule has 0 aliphatic carbocycles. The first-order chi connectivity index (χ1) is 20.2. The van der Waals surface area contributed by atoms with E-state index in [-0.39, 0.29) is 10.4 Å². The molecule has 0 bridgehead atoms. The van der Waals surface area contributed by atoms with E-state index in [9.17, 15) is 0 Å². The number of fused-ring (bicyclic) bond motifs is 1. The minimum atomic E-state index is -0.642. The molecule has 0 spiro atoms. The molecular formula is C31H28Cl2N4O4. The van der Waals surface area contributed by atoms with Crippen LogP contribution in [0.3, 0.4) is 0 Å². The van der Waals surface area contributed by atoms with E-state index in [1.165, 1.54) is 0 Å². The lowest BCUT2D eigenvalue weighted by atomic mass is 10.1. The highest BCUT2D eigenvalue weighted by atomic mass is 35.5. The lowest BCUT2D eigenvalue weighted by molar-refractivity contribution is -0.0913. The van der Waals surface area contributed by atoms with E-state index in [0.29, 0.717) is 37.6 Å². The molecule has 2 aromatic heterocycles. The van der Waals surface area contributed by atoms with Crippen molar-refractivity contribution in [3.8, 4) is 0 Å². The Morgan fingerprint density at radius 3 is 1.88 bits per heavy atom. The summed E-state index contributed by atoms with van der Waals surface area (Å²) in [6, 6.07) is 30.0. The molecule has 1 aliphatic rings. The van der Waals surface area contributed by atoms with Gasteiger partial charge in [-0.2, -0.15) is 4.98 Å². The number of imidazole rings is 1. The lowest BCUT2D eigenvalue weighted by Gasteiger charge is -2.25. The van der Waals surface area contributed by atoms with Crippen molar-refractivity contribution < 1.29 is 18.9 Å². The van der Waals surface area contributed by atoms with Gasteiger partial charge in [0.15, 0.2) is 17.0 Å². The largest absolute Gasteiger partial charge is 0.374 e. The van der Waals surface area contributed by atoms with Crippen LogP contribution in [0.4, 0.5) is 0 Å². The standard InChI is InChI=1S/C31H28Cl2N4O4/c32-28-25-29(36-31(33)35-28)37(20-34-25)30-27(40-18-23-14-8-3-9-15-23)26(39-17-22-12-6-2-7-13-22)24(41-30)19-38-16-21-10-4-1-5-11-21/h1-15,20,24,26-27,30H,16-19H2/t24-,26-,27-,30-/m1/s1. The molecule has 0 unspecified atom stereocenters. The van der Waals surface area contributed by atoms with Gasteiger partial charge in [0.2, 0.25) is 5.28 Å². The number of benzene rings is 3. The fourth-order valence-corrected chi connectivity index (χ4v) is 5.31. The van der Waals surface area contributed by atoms with E-state index in [2.05, 4.69) is 15.0 Å². The van der Waals surface area contributed by atoms with E-state index >= 15 is 0 Å². The average Bonchev–Trinajstić information content (AvgIpc) is 3.57. The van der Waals surface area contributed by atoms with Crippen LogP contribution in [-0.4, -0.2) is 44.4 Å². The first-order valence-corrected chi connectivity index (χ1v) is 14.0. The van der Waals surface area contributed by atoms with Crippen LogP contribution in [0.5, 0.6) is 0 Å². The van der Waals surface area contributed by atoms with Gasteiger partial charge in [0, 0.05) is 0 Å². The Kier molecular flexibility index (Phi) is 8.86. The van der Waals surface area contributed by atoms with Crippen molar-refractivity contribution in [2.45, 2.75) is 44.4 Å². The van der Waals surface area contributed by atoms with E-state index in [4.69, 9.17) is 42.1 Å². The fourth-order valence-electron chi connectivity index (χ4n) is 4.89. The van der Waals surface area contributed by atoms with Gasteiger partial charge in [-0.1, -0.05) is 103 Å². The third kappa shape index (κ3) is 6.59. The lowest BCUT2D eigenvalue weighted by Crippen LogP contribution is -2.38. The summed E-state index contributed by atoms with van der Waals surface area (Å²) in [6.07, 6.45) is -0.471. The van der Waals surface area contributed by atoms with Crippen molar-refractivity contribution in [2.24, 2.45) is 0 Å². The predicted octanol–water partition coefficient (Wildman–Crippen LogP) is 6.42. The summed E-state index contributed by atoms with van der Waals surface area (Å²) < 4.78 is 27.7. The van der Waals surface area contributed by atoms with Crippen LogP contribution in [0.1, 0.15) is 22.9 Å². The van der Waals surface area contributed by atoms with Gasteiger partial charge in [-0.05, 0) is 28.3 Å². The van der Waals surface area contributed by atoms with Gasteiger partial charge in [-0.3, -0.25) is 4.57 Å². The molecule has 1 fully saturated rings. The van der Waals surface area contributed by atoms with Crippen LogP contribution in [0.15, 0.2) is 97.3 Å². The Morgan fingerprint density at radius 1 is 0.707 bits per heavy atom. The SMILES string of the molecule is Clc1nc(Cl)c2ncn([C@@H]3O[C@H](COCc4ccccc4)[C@@H](OCc4ccccc4)[C@H]3OCc3ccccc3)c2n1. The Hall–Kier alpha value is -3.37. The van der Waals surface area contributed by atoms with Gasteiger partial charge >= 0.3 is 0 Å². The monoisotopic (exact) mass is 590 g/mol. The topological polar surface area (TPSA) is 80.5 Å². The zero-order chi connectivity index (χ0) is 28.0. The minimum absolute atomic E-state index is 0.0172. The molecule has 5 aromatic rings. The third-order valence-electron chi connectivity index (χ3n) is 6.88. The van der Waals surface area contributed by atoms with Gasteiger partial charge in [-0.15, -0.1) is 0 Å². The highest BCUT2D eigenvalue weighted by Crippen LogP contribution is 2.37. The third-order valence-corrected chi connectivity index (χ3v) is 7.31. The Morgan fingerprint density at radius 2 is 1.27 bits per heavy atom. The molecule has 4 atom stereocenters. The zero-order valence-electron chi connectivity index (χ0n) is 22.1. The molecule has 0 amide bonds. The van der Waals surface area contributed by atoms with Crippen molar-refractivity contribution >= 4 is 34.4 Å². The first kappa shape index (κ1) is 27.8. The summed E-state index contributed by atoms with van der Waals surface area (Å²) >= 11 is 12.5. The molecule has 1 saturated heterocycles. The molecular weight excluding hydrogens is 563 g/mol. The number of rotatable bonds is 11. The second kappa shape index (κ2) is 13.1. The van der Waals surface area contributed by atoms with Crippen LogP contribution in [0, 0.1) is 0 Å². The van der Waals surface area contributed by atoms with Crippen molar-refractivity contribution in [3.05, 3.63) is 124 Å². The number of halogens is 2. The van der Waals surface area contributed by atoms with Crippen LogP contribution >= 0.6 is 23.2 Å². The first-order valence-electron chi connectivity index (χ1n) is 13.3. The van der Waals surface area contributed by atoms with Crippen molar-refractivity contribution in [1.82, 2.24) is 19.5 Å². The minimum Gasteiger partial charge on any atom is -0.374 e. The Balaban J connectivity index is 1.31. The smallest absolute Gasteiger partial charge is 0.225 e. The zero-order valence-corrected chi connectivity index (χ0v) is 23.6. The molecule has 10 heteroatoms. The maximum Gasteiger partial charge on any atom is 0.225 e. The summed E-state index contributed by atoms with van der Waals surface area (Å²) in [5, 5.41) is 0.182. The van der Waals surface area contributed by atoms with Crippen LogP contribution in [0.2, 0.25) is 10.4 Å². The predicted molar refractivity (Wildman–Crippen MR) is 155 cm³/mol. The molecule has 0 saturated carbocycles. The van der Waals surface area contributed by atoms with Crippen molar-refractivity contribution in [2.75, 3.05) is 6.61 Å². The van der Waals surface area contributed by atoms with Gasteiger partial charge in [0.05, 0.1) is 32.8 Å². The normalized spacial score (nSPS) is 20.5. The number of aromatic nitrogens is 4. The maximum absolute atomic E-state index is 6.64. The second-order valence-corrected chi connectivity index (χ2v) is 10.4. The summed E-state index contributed by atoms with van der Waals surface area (Å²) in [7, 11) is 0. The van der Waals surface area contributed by atoms with Crippen molar-refractivity contribution in [1.29, 1.82) is 0 Å². The highest BCUT2D eigenvalue weighted by Gasteiger charge is 2.48. The Bertz CT molecular complexity index is 1560. The molecule has 3 heterocycles. The molecule has 8 nitrogen and oxygen atoms in total. The number of hydrogen-bond acceptors (Lipinski definition) is 7. The molecule has 41 heavy (non-hydrogen) atoms. The van der Waals surface area contributed by atoms with Gasteiger partial charge in [-0.25, -0.2) is 9.97 Å². The van der Waals surface area contributed by atoms with Gasteiger partial charge in [0.1, 0.15) is 23.8 Å². The molecule has 0 N–H and O–H groups in total. The summed E-state index contributed by atoms with van der Waals surface area (Å²) in [5.74, 6) is 0. The molecule has 210 valence electrons. The van der Waals surface area contributed by atoms with Gasteiger partial charge in [0.25, 0.3) is 0 Å². The van der Waals surface area contributed by atoms with Crippen molar-refractivity contribution in [3.63, 3.8) is 0 Å². The van der Waals surface area contributed by atoms with E-state index < -0.39 is 24.5 Å². The molecule has 3 aromatic carbocycles. The summed E-state index contributed by atoms with van der Waals surface area (Å²) in [6.45, 7) is 1.47. The summed E-state index contributed by atoms with van der Waals surface area (Å²) in [5.41, 5.74) is 4.01. The second-order valence-electron chi connectivity index (χ2n) is 9.70. The van der Waals surface area contributed by atoms with Gasteiger partial charge < -0.3 is 18.9 Å². The highest BCUT2D eigenvalue weighted by molar-refractivity contribution is 6.35. The Labute approximate surface area is 247 Å². The fraction of sp³-hybridized carbons (Fsp3) is 0.258. The number of nitrogens with zero attached hydrogens (tertiary/aromatic N) is 4. The van der Waals surface area contributed by atoms with E-state index in [1.54, 1.807) is 10.9 Å². The number of hydrogen-bond donors (Lipinski definition) is 0. The quantitative estimate of drug-likeness (QED) is 0.130. The van der Waals surface area contributed by atoms with Crippen LogP contribution in [0.25, 0.3) is 11.2 Å². The summed E-state index contributed by atoms with van der Waals surface area (Å²) in [4.78, 5) is 12.9. The average molecular weight is 591 g/mol. The van der Waals surface area contributed by atoms with Crippen LogP contribution in [-0.2, 0) is 38.8 Å².